The van der Waals surface area contributed by atoms with Crippen LogP contribution in [0, 0.1) is 5.92 Å². The largest absolute Gasteiger partial charge is 0.504 e. The number of carbonyl (C=O) groups is 2. The van der Waals surface area contributed by atoms with Crippen LogP contribution in [0.5, 0.6) is 0 Å². The summed E-state index contributed by atoms with van der Waals surface area (Å²) in [6, 6.07) is -0.228. The van der Waals surface area contributed by atoms with Crippen LogP contribution >= 0.6 is 0 Å². The first kappa shape index (κ1) is 29.0. The second-order valence-corrected chi connectivity index (χ2v) is 12.0. The molecule has 0 radical (unpaired) electrons. The van der Waals surface area contributed by atoms with E-state index in [0.29, 0.717) is 19.8 Å². The molecule has 0 aromatic carbocycles. The third-order valence-corrected chi connectivity index (χ3v) is 10.1. The van der Waals surface area contributed by atoms with Crippen LogP contribution in [0.2, 0.25) is 5.54 Å². The van der Waals surface area contributed by atoms with Crippen molar-refractivity contribution in [1.82, 2.24) is 10.2 Å². The summed E-state index contributed by atoms with van der Waals surface area (Å²) in [5, 5.41) is 2.95. The average molecular weight is 447 g/mol. The van der Waals surface area contributed by atoms with E-state index < -0.39 is 19.9 Å². The summed E-state index contributed by atoms with van der Waals surface area (Å²) in [7, 11) is -2.97. The summed E-state index contributed by atoms with van der Waals surface area (Å²) >= 11 is 0. The normalized spacial score (nSPS) is 16.0. The van der Waals surface area contributed by atoms with E-state index in [0.717, 1.165) is 0 Å². The van der Waals surface area contributed by atoms with Crippen molar-refractivity contribution in [3.8, 4) is 0 Å². The maximum absolute atomic E-state index is 12.9. The summed E-state index contributed by atoms with van der Waals surface area (Å²) in [4.78, 5) is 26.5. The van der Waals surface area contributed by atoms with Gasteiger partial charge in [0.1, 0.15) is 0 Å². The van der Waals surface area contributed by atoms with Gasteiger partial charge >= 0.3 is 8.80 Å². The molecule has 0 heterocycles. The van der Waals surface area contributed by atoms with Crippen molar-refractivity contribution in [3.05, 3.63) is 0 Å². The lowest BCUT2D eigenvalue weighted by atomic mass is 9.79. The number of amides is 2. The van der Waals surface area contributed by atoms with E-state index in [9.17, 15) is 9.59 Å². The van der Waals surface area contributed by atoms with E-state index in [1.807, 2.05) is 46.4 Å². The number of carbonyl (C=O) groups excluding carboxylic acids is 2. The highest BCUT2D eigenvalue weighted by atomic mass is 28.4. The zero-order valence-electron chi connectivity index (χ0n) is 21.3. The van der Waals surface area contributed by atoms with Gasteiger partial charge in [-0.3, -0.25) is 9.59 Å². The lowest BCUT2D eigenvalue weighted by Gasteiger charge is -2.55. The van der Waals surface area contributed by atoms with Gasteiger partial charge in [0.15, 0.2) is 0 Å². The Bertz CT molecular complexity index is 551. The van der Waals surface area contributed by atoms with Crippen molar-refractivity contribution in [2.75, 3.05) is 19.8 Å². The molecule has 0 rings (SSSR count). The Morgan fingerprint density at radius 3 is 1.57 bits per heavy atom. The van der Waals surface area contributed by atoms with E-state index in [2.05, 4.69) is 33.0 Å². The fraction of sp³-hybridized carbons (Fsp3) is 0.909. The van der Waals surface area contributed by atoms with Crippen molar-refractivity contribution < 1.29 is 22.9 Å². The summed E-state index contributed by atoms with van der Waals surface area (Å²) in [5.41, 5.74) is -1.20. The molecule has 0 aliphatic rings. The van der Waals surface area contributed by atoms with Crippen molar-refractivity contribution in [1.29, 1.82) is 0 Å². The van der Waals surface area contributed by atoms with Crippen LogP contribution in [-0.4, -0.2) is 62.5 Å². The Morgan fingerprint density at radius 1 is 0.867 bits per heavy atom. The molecule has 3 unspecified atom stereocenters. The highest BCUT2D eigenvalue weighted by molar-refractivity contribution is 6.62. The van der Waals surface area contributed by atoms with E-state index in [-0.39, 0.29) is 29.3 Å². The monoisotopic (exact) mass is 446 g/mol. The summed E-state index contributed by atoms with van der Waals surface area (Å²) in [6.45, 7) is 24.7. The summed E-state index contributed by atoms with van der Waals surface area (Å²) in [5.74, 6) is -0.159. The van der Waals surface area contributed by atoms with E-state index >= 15 is 0 Å². The molecule has 178 valence electrons. The van der Waals surface area contributed by atoms with Gasteiger partial charge in [-0.15, -0.1) is 0 Å². The van der Waals surface area contributed by atoms with E-state index in [1.54, 1.807) is 6.92 Å². The van der Waals surface area contributed by atoms with Gasteiger partial charge in [-0.25, -0.2) is 0 Å². The standard InChI is InChI=1S/C22H46N2O5Si/c1-13-27-30(28-14-2,29-15-3)17(5)16(4)21(9,10)24(20(8)26)22(11,12)18(6)23-19(7)25/h16-18H,13-15H2,1-12H3,(H,23,25). The molecule has 8 heteroatoms. The molecule has 0 saturated carbocycles. The lowest BCUT2D eigenvalue weighted by Crippen LogP contribution is -2.68. The second kappa shape index (κ2) is 11.6. The average Bonchev–Trinajstić information content (AvgIpc) is 2.59. The van der Waals surface area contributed by atoms with Gasteiger partial charge in [-0.1, -0.05) is 13.8 Å². The molecule has 3 atom stereocenters. The van der Waals surface area contributed by atoms with Gasteiger partial charge < -0.3 is 23.5 Å². The lowest BCUT2D eigenvalue weighted by molar-refractivity contribution is -0.148. The minimum absolute atomic E-state index is 0.00141. The van der Waals surface area contributed by atoms with Crippen molar-refractivity contribution >= 4 is 20.6 Å². The predicted octanol–water partition coefficient (Wildman–Crippen LogP) is 3.99. The zero-order chi connectivity index (χ0) is 23.9. The maximum Gasteiger partial charge on any atom is 0.504 e. The van der Waals surface area contributed by atoms with Gasteiger partial charge in [0, 0.05) is 50.8 Å². The highest BCUT2D eigenvalue weighted by Crippen LogP contribution is 2.43. The predicted molar refractivity (Wildman–Crippen MR) is 123 cm³/mol. The third-order valence-electron chi connectivity index (χ3n) is 6.41. The Balaban J connectivity index is 6.22. The Morgan fingerprint density at radius 2 is 1.27 bits per heavy atom. The topological polar surface area (TPSA) is 77.1 Å². The van der Waals surface area contributed by atoms with Crippen LogP contribution < -0.4 is 5.32 Å². The quantitative estimate of drug-likeness (QED) is 0.433. The van der Waals surface area contributed by atoms with Crippen LogP contribution in [-0.2, 0) is 22.9 Å². The molecule has 0 saturated heterocycles. The number of hydrogen-bond donors (Lipinski definition) is 1. The molecule has 0 aromatic rings. The minimum Gasteiger partial charge on any atom is -0.374 e. The van der Waals surface area contributed by atoms with Crippen LogP contribution in [0.1, 0.15) is 83.1 Å². The Kier molecular flexibility index (Phi) is 11.2. The van der Waals surface area contributed by atoms with Gasteiger partial charge in [0.25, 0.3) is 0 Å². The minimum atomic E-state index is -2.97. The summed E-state index contributed by atoms with van der Waals surface area (Å²) < 4.78 is 18.4. The molecule has 0 aliphatic carbocycles. The molecule has 30 heavy (non-hydrogen) atoms. The van der Waals surface area contributed by atoms with E-state index in [4.69, 9.17) is 13.3 Å². The van der Waals surface area contributed by atoms with Crippen molar-refractivity contribution in [2.24, 2.45) is 5.92 Å². The molecule has 0 spiro atoms. The van der Waals surface area contributed by atoms with Crippen LogP contribution in [0.4, 0.5) is 0 Å². The van der Waals surface area contributed by atoms with Crippen molar-refractivity contribution in [3.63, 3.8) is 0 Å². The number of rotatable bonds is 13. The Hall–Kier alpha value is -0.963. The van der Waals surface area contributed by atoms with Gasteiger partial charge in [0.05, 0.1) is 5.54 Å². The molecule has 1 N–H and O–H groups in total. The van der Waals surface area contributed by atoms with E-state index in [1.165, 1.54) is 6.92 Å². The Labute approximate surface area is 185 Å². The number of hydrogen-bond acceptors (Lipinski definition) is 5. The zero-order valence-corrected chi connectivity index (χ0v) is 22.3. The first-order valence-electron chi connectivity index (χ1n) is 11.1. The molecular weight excluding hydrogens is 400 g/mol. The fourth-order valence-electron chi connectivity index (χ4n) is 4.47. The van der Waals surface area contributed by atoms with Crippen LogP contribution in [0.25, 0.3) is 0 Å². The first-order valence-corrected chi connectivity index (χ1v) is 13.0. The molecule has 0 aromatic heterocycles. The highest BCUT2D eigenvalue weighted by Gasteiger charge is 2.55. The number of nitrogens with one attached hydrogen (secondary N) is 1. The van der Waals surface area contributed by atoms with Gasteiger partial charge in [0.2, 0.25) is 11.8 Å². The SMILES string of the molecule is CCO[Si](OCC)(OCC)C(C)C(C)C(C)(C)N(C(C)=O)C(C)(C)C(C)NC(C)=O. The molecular formula is C22H46N2O5Si. The fourth-order valence-corrected chi connectivity index (χ4v) is 7.74. The number of nitrogens with zero attached hydrogens (tertiary/aromatic N) is 1. The van der Waals surface area contributed by atoms with Gasteiger partial charge in [-0.2, -0.15) is 0 Å². The summed E-state index contributed by atoms with van der Waals surface area (Å²) in [6.07, 6.45) is 0. The first-order chi connectivity index (χ1) is 13.6. The molecule has 0 fully saturated rings. The molecule has 2 amide bonds. The third kappa shape index (κ3) is 6.52. The van der Waals surface area contributed by atoms with Gasteiger partial charge in [-0.05, 0) is 61.3 Å². The van der Waals surface area contributed by atoms with Crippen LogP contribution in [0.3, 0.4) is 0 Å². The smallest absolute Gasteiger partial charge is 0.374 e. The molecule has 7 nitrogen and oxygen atoms in total. The van der Waals surface area contributed by atoms with Crippen LogP contribution in [0.15, 0.2) is 0 Å². The van der Waals surface area contributed by atoms with Crippen molar-refractivity contribution in [2.45, 2.75) is 106 Å². The maximum atomic E-state index is 12.9. The molecule has 0 bridgehead atoms. The second-order valence-electron chi connectivity index (χ2n) is 9.06. The molecule has 0 aliphatic heterocycles.